The molecule has 0 aliphatic rings. The van der Waals surface area contributed by atoms with E-state index >= 15 is 0 Å². The second-order valence-corrected chi connectivity index (χ2v) is 7.60. The van der Waals surface area contributed by atoms with Gasteiger partial charge in [-0.25, -0.2) is 9.18 Å². The number of nitrogens with one attached hydrogen (secondary N) is 1. The molecule has 0 aliphatic heterocycles. The lowest BCUT2D eigenvalue weighted by atomic mass is 9.84. The molecule has 1 aromatic carbocycles. The minimum atomic E-state index is -0.568. The van der Waals surface area contributed by atoms with Crippen molar-refractivity contribution in [3.05, 3.63) is 34.1 Å². The topological polar surface area (TPSA) is 58.6 Å². The number of rotatable bonds is 5. The van der Waals surface area contributed by atoms with E-state index in [-0.39, 0.29) is 19.0 Å². The summed E-state index contributed by atoms with van der Waals surface area (Å²) in [5.74, 6) is -0.332. The summed E-state index contributed by atoms with van der Waals surface area (Å²) in [6.45, 7) is 7.35. The predicted octanol–water partition coefficient (Wildman–Crippen LogP) is 3.65. The molecule has 0 radical (unpaired) electrons. The number of ether oxygens (including phenoxy) is 1. The molecule has 1 amide bonds. The van der Waals surface area contributed by atoms with E-state index in [1.807, 2.05) is 6.92 Å². The number of aliphatic hydroxyl groups is 1. The molecule has 0 saturated heterocycles. The van der Waals surface area contributed by atoms with Crippen molar-refractivity contribution in [1.29, 1.82) is 0 Å². The van der Waals surface area contributed by atoms with Gasteiger partial charge in [0.2, 0.25) is 0 Å². The van der Waals surface area contributed by atoms with Gasteiger partial charge in [-0.3, -0.25) is 0 Å². The monoisotopic (exact) mass is 375 g/mol. The Balaban J connectivity index is 2.67. The van der Waals surface area contributed by atoms with Crippen molar-refractivity contribution in [2.75, 3.05) is 13.2 Å². The Bertz CT molecular complexity index is 531. The van der Waals surface area contributed by atoms with Gasteiger partial charge in [0.15, 0.2) is 0 Å². The van der Waals surface area contributed by atoms with E-state index in [4.69, 9.17) is 4.74 Å². The Kier molecular flexibility index (Phi) is 6.38. The number of carbonyl (C=O) groups excluding carboxylic acids is 1. The Hall–Kier alpha value is -1.14. The summed E-state index contributed by atoms with van der Waals surface area (Å²) in [6, 6.07) is 4.72. The van der Waals surface area contributed by atoms with Crippen LogP contribution < -0.4 is 5.32 Å². The molecule has 1 rings (SSSR count). The number of amides is 1. The Labute approximate surface area is 139 Å². The third kappa shape index (κ3) is 6.32. The van der Waals surface area contributed by atoms with Gasteiger partial charge in [-0.15, -0.1) is 0 Å². The van der Waals surface area contributed by atoms with E-state index in [0.717, 1.165) is 5.56 Å². The lowest BCUT2D eigenvalue weighted by Gasteiger charge is -2.28. The van der Waals surface area contributed by atoms with Gasteiger partial charge in [0, 0.05) is 12.0 Å². The quantitative estimate of drug-likeness (QED) is 0.825. The zero-order chi connectivity index (χ0) is 17.0. The minimum Gasteiger partial charge on any atom is -0.444 e. The first-order valence-electron chi connectivity index (χ1n) is 7.06. The van der Waals surface area contributed by atoms with Crippen molar-refractivity contribution < 1.29 is 19.0 Å². The molecule has 0 saturated carbocycles. The van der Waals surface area contributed by atoms with Gasteiger partial charge in [0.25, 0.3) is 0 Å². The summed E-state index contributed by atoms with van der Waals surface area (Å²) in [4.78, 5) is 11.7. The minimum absolute atomic E-state index is 0.113. The Morgan fingerprint density at radius 1 is 1.36 bits per heavy atom. The molecule has 2 N–H and O–H groups in total. The first kappa shape index (κ1) is 18.9. The van der Waals surface area contributed by atoms with Gasteiger partial charge < -0.3 is 15.2 Å². The van der Waals surface area contributed by atoms with Crippen LogP contribution in [0.1, 0.15) is 33.3 Å². The van der Waals surface area contributed by atoms with Crippen LogP contribution in [0, 0.1) is 11.2 Å². The van der Waals surface area contributed by atoms with Crippen LogP contribution in [0.3, 0.4) is 0 Å². The van der Waals surface area contributed by atoms with Crippen LogP contribution >= 0.6 is 15.9 Å². The molecule has 1 atom stereocenters. The molecule has 0 heterocycles. The van der Waals surface area contributed by atoms with Gasteiger partial charge in [-0.05, 0) is 60.8 Å². The van der Waals surface area contributed by atoms with E-state index in [1.54, 1.807) is 32.9 Å². The van der Waals surface area contributed by atoms with Crippen LogP contribution in [0.15, 0.2) is 22.7 Å². The number of hydrogen-bond acceptors (Lipinski definition) is 3. The van der Waals surface area contributed by atoms with Crippen LogP contribution in [-0.4, -0.2) is 30.0 Å². The fourth-order valence-corrected chi connectivity index (χ4v) is 2.34. The lowest BCUT2D eigenvalue weighted by Crippen LogP contribution is -2.41. The molecule has 22 heavy (non-hydrogen) atoms. The number of benzene rings is 1. The van der Waals surface area contributed by atoms with Gasteiger partial charge >= 0.3 is 6.09 Å². The van der Waals surface area contributed by atoms with Gasteiger partial charge in [0.05, 0.1) is 11.1 Å². The molecule has 124 valence electrons. The fraction of sp³-hybridized carbons (Fsp3) is 0.562. The number of carbonyl (C=O) groups is 1. The summed E-state index contributed by atoms with van der Waals surface area (Å²) in [7, 11) is 0. The summed E-state index contributed by atoms with van der Waals surface area (Å²) < 4.78 is 18.8. The highest BCUT2D eigenvalue weighted by molar-refractivity contribution is 9.10. The van der Waals surface area contributed by atoms with Crippen molar-refractivity contribution in [3.63, 3.8) is 0 Å². The highest BCUT2D eigenvalue weighted by Gasteiger charge is 2.26. The average Bonchev–Trinajstić information content (AvgIpc) is 2.39. The number of alkyl carbamates (subject to hydrolysis) is 1. The molecule has 1 unspecified atom stereocenters. The molecule has 6 heteroatoms. The maximum atomic E-state index is 13.3. The normalized spacial score (nSPS) is 14.3. The second kappa shape index (κ2) is 7.42. The highest BCUT2D eigenvalue weighted by atomic mass is 79.9. The second-order valence-electron chi connectivity index (χ2n) is 6.75. The average molecular weight is 376 g/mol. The number of halogens is 2. The van der Waals surface area contributed by atoms with Crippen molar-refractivity contribution >= 4 is 22.0 Å². The standard InChI is InChI=1S/C16H23BrFNO3/c1-15(2,3)22-14(21)19-9-16(4,10-20)8-11-5-6-13(18)12(17)7-11/h5-7,20H,8-10H2,1-4H3,(H,19,21). The van der Waals surface area contributed by atoms with Gasteiger partial charge in [-0.1, -0.05) is 13.0 Å². The number of aliphatic hydroxyl groups excluding tert-OH is 1. The third-order valence-corrected chi connectivity index (χ3v) is 3.66. The largest absolute Gasteiger partial charge is 0.444 e. The molecule has 4 nitrogen and oxygen atoms in total. The van der Waals surface area contributed by atoms with E-state index in [9.17, 15) is 14.3 Å². The Morgan fingerprint density at radius 3 is 2.50 bits per heavy atom. The maximum Gasteiger partial charge on any atom is 0.407 e. The zero-order valence-corrected chi connectivity index (χ0v) is 15.0. The van der Waals surface area contributed by atoms with Gasteiger partial charge in [0.1, 0.15) is 11.4 Å². The summed E-state index contributed by atoms with van der Waals surface area (Å²) in [5.41, 5.74) is -0.258. The smallest absolute Gasteiger partial charge is 0.407 e. The Morgan fingerprint density at radius 2 is 2.00 bits per heavy atom. The maximum absolute atomic E-state index is 13.3. The molecule has 0 fully saturated rings. The molecule has 0 aromatic heterocycles. The summed E-state index contributed by atoms with van der Waals surface area (Å²) in [5, 5.41) is 12.3. The van der Waals surface area contributed by atoms with Crippen molar-refractivity contribution in [1.82, 2.24) is 5.32 Å². The van der Waals surface area contributed by atoms with E-state index in [1.165, 1.54) is 6.07 Å². The molecule has 0 bridgehead atoms. The van der Waals surface area contributed by atoms with Crippen LogP contribution in [-0.2, 0) is 11.2 Å². The lowest BCUT2D eigenvalue weighted by molar-refractivity contribution is 0.0478. The summed E-state index contributed by atoms with van der Waals surface area (Å²) >= 11 is 3.14. The first-order chi connectivity index (χ1) is 10.0. The van der Waals surface area contributed by atoms with Crippen LogP contribution in [0.25, 0.3) is 0 Å². The van der Waals surface area contributed by atoms with E-state index in [0.29, 0.717) is 10.9 Å². The van der Waals surface area contributed by atoms with Crippen LogP contribution in [0.2, 0.25) is 0 Å². The number of hydrogen-bond donors (Lipinski definition) is 2. The van der Waals surface area contributed by atoms with Crippen molar-refractivity contribution in [2.24, 2.45) is 5.41 Å². The first-order valence-corrected chi connectivity index (χ1v) is 7.86. The third-order valence-electron chi connectivity index (χ3n) is 3.06. The SMILES string of the molecule is CC(CO)(CNC(=O)OC(C)(C)C)Cc1ccc(F)c(Br)c1. The zero-order valence-electron chi connectivity index (χ0n) is 13.4. The predicted molar refractivity (Wildman–Crippen MR) is 87.2 cm³/mol. The van der Waals surface area contributed by atoms with Crippen LogP contribution in [0.4, 0.5) is 9.18 Å². The molecular weight excluding hydrogens is 353 g/mol. The summed E-state index contributed by atoms with van der Waals surface area (Å²) in [6.07, 6.45) is -0.0227. The van der Waals surface area contributed by atoms with E-state index < -0.39 is 17.1 Å². The molecule has 0 aliphatic carbocycles. The van der Waals surface area contributed by atoms with Crippen molar-refractivity contribution in [3.8, 4) is 0 Å². The molecule has 0 spiro atoms. The molecular formula is C16H23BrFNO3. The highest BCUT2D eigenvalue weighted by Crippen LogP contribution is 2.25. The van der Waals surface area contributed by atoms with Gasteiger partial charge in [-0.2, -0.15) is 0 Å². The fourth-order valence-electron chi connectivity index (χ4n) is 1.92. The van der Waals surface area contributed by atoms with Crippen LogP contribution in [0.5, 0.6) is 0 Å². The van der Waals surface area contributed by atoms with Crippen molar-refractivity contribution in [2.45, 2.75) is 39.7 Å². The molecule has 1 aromatic rings. The van der Waals surface area contributed by atoms with E-state index in [2.05, 4.69) is 21.2 Å².